The number of rotatable bonds is 4. The van der Waals surface area contributed by atoms with Crippen molar-refractivity contribution in [2.75, 3.05) is 0 Å². The van der Waals surface area contributed by atoms with Crippen molar-refractivity contribution >= 4 is 51.9 Å². The van der Waals surface area contributed by atoms with Crippen LogP contribution in [0.25, 0.3) is 17.4 Å². The quantitative estimate of drug-likeness (QED) is 0.368. The number of hydrogen-bond acceptors (Lipinski definition) is 4. The van der Waals surface area contributed by atoms with E-state index >= 15 is 0 Å². The molecule has 1 aromatic heterocycles. The minimum absolute atomic E-state index is 0.0252. The lowest BCUT2D eigenvalue weighted by atomic mass is 10.2. The zero-order chi connectivity index (χ0) is 19.7. The molecule has 1 amide bonds. The van der Waals surface area contributed by atoms with Crippen molar-refractivity contribution < 1.29 is 13.6 Å². The molecule has 0 N–H and O–H groups in total. The summed E-state index contributed by atoms with van der Waals surface area (Å²) >= 11 is 12.4. The number of thiocarbonyl (C=S) groups is 1. The second-order valence-electron chi connectivity index (χ2n) is 6.08. The number of carbonyl (C=O) groups is 1. The van der Waals surface area contributed by atoms with Crippen molar-refractivity contribution in [3.05, 3.63) is 87.7 Å². The molecule has 2 heterocycles. The van der Waals surface area contributed by atoms with Gasteiger partial charge in [-0.25, -0.2) is 4.39 Å². The fraction of sp³-hybridized carbons (Fsp3) is 0.0476. The second-order valence-corrected chi connectivity index (χ2v) is 8.17. The first-order valence-corrected chi connectivity index (χ1v) is 9.96. The van der Waals surface area contributed by atoms with Gasteiger partial charge < -0.3 is 4.42 Å². The van der Waals surface area contributed by atoms with Gasteiger partial charge in [0, 0.05) is 11.6 Å². The molecule has 0 radical (unpaired) electrons. The Labute approximate surface area is 175 Å². The maximum atomic E-state index is 13.3. The molecule has 0 bridgehead atoms. The molecule has 1 saturated heterocycles. The first kappa shape index (κ1) is 18.9. The monoisotopic (exact) mass is 429 g/mol. The molecule has 1 fully saturated rings. The molecule has 0 aliphatic carbocycles. The molecule has 140 valence electrons. The number of carbonyl (C=O) groups excluding carboxylic acids is 1. The normalized spacial score (nSPS) is 15.6. The van der Waals surface area contributed by atoms with Crippen LogP contribution in [-0.2, 0) is 11.3 Å². The Hall–Kier alpha value is -2.41. The van der Waals surface area contributed by atoms with E-state index in [9.17, 15) is 9.18 Å². The van der Waals surface area contributed by atoms with Crippen molar-refractivity contribution in [1.29, 1.82) is 0 Å². The van der Waals surface area contributed by atoms with Gasteiger partial charge in [0.25, 0.3) is 5.91 Å². The van der Waals surface area contributed by atoms with E-state index in [2.05, 4.69) is 0 Å². The number of amides is 1. The molecule has 7 heteroatoms. The third kappa shape index (κ3) is 3.90. The molecule has 0 unspecified atom stereocenters. The average molecular weight is 430 g/mol. The van der Waals surface area contributed by atoms with Crippen LogP contribution in [0.1, 0.15) is 11.3 Å². The third-order valence-corrected chi connectivity index (χ3v) is 5.83. The van der Waals surface area contributed by atoms with Gasteiger partial charge in [-0.3, -0.25) is 9.69 Å². The summed E-state index contributed by atoms with van der Waals surface area (Å²) in [4.78, 5) is 14.8. The number of thioether (sulfide) groups is 1. The van der Waals surface area contributed by atoms with Crippen molar-refractivity contribution in [2.45, 2.75) is 6.54 Å². The molecule has 0 spiro atoms. The van der Waals surface area contributed by atoms with Crippen LogP contribution in [0, 0.1) is 5.82 Å². The lowest BCUT2D eigenvalue weighted by molar-refractivity contribution is -0.122. The highest BCUT2D eigenvalue weighted by molar-refractivity contribution is 8.26. The number of benzene rings is 2. The maximum Gasteiger partial charge on any atom is 0.266 e. The second kappa shape index (κ2) is 7.91. The highest BCUT2D eigenvalue weighted by atomic mass is 35.5. The summed E-state index contributed by atoms with van der Waals surface area (Å²) < 4.78 is 19.6. The molecule has 1 aliphatic heterocycles. The number of nitrogens with zero attached hydrogens (tertiary/aromatic N) is 1. The van der Waals surface area contributed by atoms with Crippen LogP contribution >= 0.6 is 35.6 Å². The van der Waals surface area contributed by atoms with Crippen molar-refractivity contribution in [1.82, 2.24) is 4.90 Å². The van der Waals surface area contributed by atoms with Gasteiger partial charge in [-0.1, -0.05) is 65.9 Å². The van der Waals surface area contributed by atoms with Crippen LogP contribution in [-0.4, -0.2) is 15.1 Å². The predicted octanol–water partition coefficient (Wildman–Crippen LogP) is 6.14. The molecule has 2 aromatic carbocycles. The summed E-state index contributed by atoms with van der Waals surface area (Å²) in [6.07, 6.45) is 1.67. The standard InChI is InChI=1S/C21H13ClFNO2S2/c22-16-10-14(6-8-17(16)23)18-9-7-15(26-18)11-19-20(25)24(21(27)28-19)12-13-4-2-1-3-5-13/h1-11H,12H2. The van der Waals surface area contributed by atoms with E-state index in [1.165, 1.54) is 23.9 Å². The van der Waals surface area contributed by atoms with Gasteiger partial charge in [0.1, 0.15) is 21.7 Å². The Morgan fingerprint density at radius 1 is 1.14 bits per heavy atom. The van der Waals surface area contributed by atoms with Crippen LogP contribution in [0.3, 0.4) is 0 Å². The molecule has 28 heavy (non-hydrogen) atoms. The minimum Gasteiger partial charge on any atom is -0.457 e. The van der Waals surface area contributed by atoms with E-state index in [-0.39, 0.29) is 10.9 Å². The summed E-state index contributed by atoms with van der Waals surface area (Å²) in [6.45, 7) is 0.431. The third-order valence-electron chi connectivity index (χ3n) is 4.16. The van der Waals surface area contributed by atoms with E-state index in [0.717, 1.165) is 5.56 Å². The molecular weight excluding hydrogens is 417 g/mol. The molecule has 0 saturated carbocycles. The summed E-state index contributed by atoms with van der Waals surface area (Å²) in [5.74, 6) is 0.407. The van der Waals surface area contributed by atoms with Crippen molar-refractivity contribution in [2.24, 2.45) is 0 Å². The van der Waals surface area contributed by atoms with E-state index in [1.54, 1.807) is 29.2 Å². The van der Waals surface area contributed by atoms with Gasteiger partial charge in [0.2, 0.25) is 0 Å². The summed E-state index contributed by atoms with van der Waals surface area (Å²) in [7, 11) is 0. The molecule has 4 rings (SSSR count). The van der Waals surface area contributed by atoms with Gasteiger partial charge in [-0.15, -0.1) is 0 Å². The minimum atomic E-state index is -0.487. The van der Waals surface area contributed by atoms with E-state index < -0.39 is 5.82 Å². The Balaban J connectivity index is 1.55. The average Bonchev–Trinajstić information content (AvgIpc) is 3.25. The summed E-state index contributed by atoms with van der Waals surface area (Å²) in [5, 5.41) is 0.0252. The van der Waals surface area contributed by atoms with Crippen LogP contribution < -0.4 is 0 Å². The zero-order valence-corrected chi connectivity index (χ0v) is 16.8. The number of halogens is 2. The fourth-order valence-corrected chi connectivity index (χ4v) is 4.18. The van der Waals surface area contributed by atoms with Gasteiger partial charge >= 0.3 is 0 Å². The van der Waals surface area contributed by atoms with Gasteiger partial charge in [-0.05, 0) is 35.9 Å². The van der Waals surface area contributed by atoms with Crippen molar-refractivity contribution in [3.8, 4) is 11.3 Å². The van der Waals surface area contributed by atoms with Crippen LogP contribution in [0.2, 0.25) is 5.02 Å². The Morgan fingerprint density at radius 2 is 1.93 bits per heavy atom. The highest BCUT2D eigenvalue weighted by Gasteiger charge is 2.32. The van der Waals surface area contributed by atoms with Gasteiger partial charge in [0.05, 0.1) is 16.5 Å². The topological polar surface area (TPSA) is 33.5 Å². The first-order valence-electron chi connectivity index (χ1n) is 8.36. The predicted molar refractivity (Wildman–Crippen MR) is 114 cm³/mol. The maximum absolute atomic E-state index is 13.3. The lowest BCUT2D eigenvalue weighted by Gasteiger charge is -2.14. The van der Waals surface area contributed by atoms with Gasteiger partial charge in [0.15, 0.2) is 0 Å². The van der Waals surface area contributed by atoms with Crippen LogP contribution in [0.5, 0.6) is 0 Å². The molecule has 3 nitrogen and oxygen atoms in total. The first-order chi connectivity index (χ1) is 13.5. The lowest BCUT2D eigenvalue weighted by Crippen LogP contribution is -2.27. The molecule has 1 aliphatic rings. The van der Waals surface area contributed by atoms with E-state index in [4.69, 9.17) is 28.2 Å². The highest BCUT2D eigenvalue weighted by Crippen LogP contribution is 2.35. The smallest absolute Gasteiger partial charge is 0.266 e. The Morgan fingerprint density at radius 3 is 2.68 bits per heavy atom. The van der Waals surface area contributed by atoms with E-state index in [0.29, 0.717) is 32.9 Å². The fourth-order valence-electron chi connectivity index (χ4n) is 2.77. The number of hydrogen-bond donors (Lipinski definition) is 0. The van der Waals surface area contributed by atoms with Crippen molar-refractivity contribution in [3.63, 3.8) is 0 Å². The van der Waals surface area contributed by atoms with E-state index in [1.807, 2.05) is 30.3 Å². The summed E-state index contributed by atoms with van der Waals surface area (Å²) in [6, 6.07) is 17.6. The Kier molecular flexibility index (Phi) is 5.35. The zero-order valence-electron chi connectivity index (χ0n) is 14.4. The summed E-state index contributed by atoms with van der Waals surface area (Å²) in [5.41, 5.74) is 1.66. The molecule has 0 atom stereocenters. The molecular formula is C21H13ClFNO2S2. The number of furan rings is 1. The van der Waals surface area contributed by atoms with Crippen LogP contribution in [0.4, 0.5) is 4.39 Å². The molecule has 3 aromatic rings. The largest absolute Gasteiger partial charge is 0.457 e. The van der Waals surface area contributed by atoms with Gasteiger partial charge in [-0.2, -0.15) is 0 Å². The Bertz CT molecular complexity index is 1090. The van der Waals surface area contributed by atoms with Crippen LogP contribution in [0.15, 0.2) is 70.0 Å². The SMILES string of the molecule is O=C1C(=Cc2ccc(-c3ccc(F)c(Cl)c3)o2)SC(=S)N1Cc1ccccc1.